The molecule has 6 nitrogen and oxygen atoms in total. The van der Waals surface area contributed by atoms with Crippen LogP contribution in [0.1, 0.15) is 31.2 Å². The smallest absolute Gasteiger partial charge is 0.414 e. The van der Waals surface area contributed by atoms with Crippen molar-refractivity contribution >= 4 is 17.7 Å². The van der Waals surface area contributed by atoms with Crippen molar-refractivity contribution in [2.24, 2.45) is 0 Å². The van der Waals surface area contributed by atoms with Gasteiger partial charge in [0.1, 0.15) is 11.9 Å². The third kappa shape index (κ3) is 3.51. The number of cyclic esters (lactones) is 1. The molecule has 2 aliphatic heterocycles. The molecule has 3 rings (SSSR count). The summed E-state index contributed by atoms with van der Waals surface area (Å²) in [7, 11) is 0. The fraction of sp³-hybridized carbons (Fsp3) is 0.529. The number of rotatable bonds is 4. The van der Waals surface area contributed by atoms with E-state index in [1.165, 1.54) is 17.9 Å². The van der Waals surface area contributed by atoms with Gasteiger partial charge in [0.15, 0.2) is 0 Å². The SMILES string of the molecule is CC(=O)NC[C@H]1CN(c2cccc(F)c2C2CCNCC2)C(=O)O1. The van der Waals surface area contributed by atoms with Gasteiger partial charge in [0.25, 0.3) is 0 Å². The topological polar surface area (TPSA) is 70.7 Å². The average Bonchev–Trinajstić information content (AvgIpc) is 2.94. The maximum Gasteiger partial charge on any atom is 0.414 e. The van der Waals surface area contributed by atoms with Gasteiger partial charge in [-0.2, -0.15) is 0 Å². The molecule has 0 radical (unpaired) electrons. The van der Waals surface area contributed by atoms with E-state index in [2.05, 4.69) is 10.6 Å². The summed E-state index contributed by atoms with van der Waals surface area (Å²) in [5.74, 6) is -0.368. The zero-order valence-corrected chi connectivity index (χ0v) is 13.7. The van der Waals surface area contributed by atoms with Crippen molar-refractivity contribution in [1.29, 1.82) is 0 Å². The van der Waals surface area contributed by atoms with Crippen molar-refractivity contribution in [2.45, 2.75) is 31.8 Å². The van der Waals surface area contributed by atoms with Gasteiger partial charge in [-0.25, -0.2) is 9.18 Å². The number of benzene rings is 1. The van der Waals surface area contributed by atoms with Crippen LogP contribution < -0.4 is 15.5 Å². The quantitative estimate of drug-likeness (QED) is 0.879. The lowest BCUT2D eigenvalue weighted by atomic mass is 9.88. The second-order valence-corrected chi connectivity index (χ2v) is 6.25. The molecule has 130 valence electrons. The number of halogens is 1. The van der Waals surface area contributed by atoms with Gasteiger partial charge in [0.05, 0.1) is 18.8 Å². The minimum absolute atomic E-state index is 0.0876. The van der Waals surface area contributed by atoms with Crippen molar-refractivity contribution in [2.75, 3.05) is 31.1 Å². The lowest BCUT2D eigenvalue weighted by Gasteiger charge is -2.27. The summed E-state index contributed by atoms with van der Waals surface area (Å²) in [6.45, 7) is 3.66. The predicted octanol–water partition coefficient (Wildman–Crippen LogP) is 1.75. The number of amides is 2. The van der Waals surface area contributed by atoms with Gasteiger partial charge >= 0.3 is 6.09 Å². The fourth-order valence-electron chi connectivity index (χ4n) is 3.36. The second kappa shape index (κ2) is 7.17. The molecule has 2 fully saturated rings. The molecular weight excluding hydrogens is 313 g/mol. The van der Waals surface area contributed by atoms with Crippen LogP contribution in [0.4, 0.5) is 14.9 Å². The number of carbonyl (C=O) groups excluding carboxylic acids is 2. The zero-order valence-electron chi connectivity index (χ0n) is 13.7. The lowest BCUT2D eigenvalue weighted by Crippen LogP contribution is -2.34. The predicted molar refractivity (Wildman–Crippen MR) is 87.5 cm³/mol. The monoisotopic (exact) mass is 335 g/mol. The van der Waals surface area contributed by atoms with Gasteiger partial charge in [-0.1, -0.05) is 6.07 Å². The normalized spacial score (nSPS) is 21.7. The first-order chi connectivity index (χ1) is 11.6. The number of ether oxygens (including phenoxy) is 1. The summed E-state index contributed by atoms with van der Waals surface area (Å²) in [6.07, 6.45) is 0.759. The van der Waals surface area contributed by atoms with E-state index in [1.54, 1.807) is 12.1 Å². The Balaban J connectivity index is 1.82. The Morgan fingerprint density at radius 2 is 2.17 bits per heavy atom. The standard InChI is InChI=1S/C17H22FN3O3/c1-11(22)20-9-13-10-21(17(23)24-13)15-4-2-3-14(18)16(15)12-5-7-19-8-6-12/h2-4,12-13,19H,5-10H2,1H3,(H,20,22)/t13-/m0/s1. The molecule has 7 heteroatoms. The highest BCUT2D eigenvalue weighted by Gasteiger charge is 2.35. The van der Waals surface area contributed by atoms with Crippen molar-refractivity contribution in [1.82, 2.24) is 10.6 Å². The summed E-state index contributed by atoms with van der Waals surface area (Å²) in [6, 6.07) is 4.82. The maximum absolute atomic E-state index is 14.5. The number of hydrogen-bond donors (Lipinski definition) is 2. The number of piperidine rings is 1. The summed E-state index contributed by atoms with van der Waals surface area (Å²) < 4.78 is 19.8. The highest BCUT2D eigenvalue weighted by molar-refractivity contribution is 5.91. The highest BCUT2D eigenvalue weighted by Crippen LogP contribution is 2.36. The van der Waals surface area contributed by atoms with E-state index in [0.717, 1.165) is 25.9 Å². The van der Waals surface area contributed by atoms with Crippen LogP contribution in [-0.4, -0.2) is 44.3 Å². The Morgan fingerprint density at radius 1 is 1.42 bits per heavy atom. The average molecular weight is 335 g/mol. The molecule has 0 aliphatic carbocycles. The summed E-state index contributed by atoms with van der Waals surface area (Å²) in [5, 5.41) is 5.91. The Morgan fingerprint density at radius 3 is 2.88 bits per heavy atom. The van der Waals surface area contributed by atoms with E-state index in [-0.39, 0.29) is 24.2 Å². The second-order valence-electron chi connectivity index (χ2n) is 6.25. The van der Waals surface area contributed by atoms with Crippen LogP contribution in [0, 0.1) is 5.82 Å². The van der Waals surface area contributed by atoms with Gasteiger partial charge in [0, 0.05) is 12.5 Å². The lowest BCUT2D eigenvalue weighted by molar-refractivity contribution is -0.119. The summed E-state index contributed by atoms with van der Waals surface area (Å²) in [5.41, 5.74) is 1.17. The third-order valence-electron chi connectivity index (χ3n) is 4.52. The van der Waals surface area contributed by atoms with Gasteiger partial charge in [-0.3, -0.25) is 9.69 Å². The van der Waals surface area contributed by atoms with E-state index >= 15 is 0 Å². The summed E-state index contributed by atoms with van der Waals surface area (Å²) in [4.78, 5) is 24.7. The zero-order chi connectivity index (χ0) is 17.1. The summed E-state index contributed by atoms with van der Waals surface area (Å²) >= 11 is 0. The Bertz CT molecular complexity index is 632. The first kappa shape index (κ1) is 16.7. The van der Waals surface area contributed by atoms with Crippen molar-refractivity contribution in [3.63, 3.8) is 0 Å². The molecular formula is C17H22FN3O3. The first-order valence-corrected chi connectivity index (χ1v) is 8.28. The molecule has 2 amide bonds. The molecule has 2 saturated heterocycles. The molecule has 1 atom stereocenters. The number of carbonyl (C=O) groups is 2. The van der Waals surface area contributed by atoms with Crippen LogP contribution in [0.25, 0.3) is 0 Å². The van der Waals surface area contributed by atoms with Crippen LogP contribution in [0.15, 0.2) is 18.2 Å². The molecule has 0 unspecified atom stereocenters. The van der Waals surface area contributed by atoms with Gasteiger partial charge in [-0.05, 0) is 44.0 Å². The molecule has 1 aromatic rings. The van der Waals surface area contributed by atoms with Crippen molar-refractivity contribution < 1.29 is 18.7 Å². The van der Waals surface area contributed by atoms with Crippen LogP contribution in [0.3, 0.4) is 0 Å². The molecule has 2 aliphatic rings. The van der Waals surface area contributed by atoms with Crippen LogP contribution in [0.5, 0.6) is 0 Å². The van der Waals surface area contributed by atoms with Crippen LogP contribution in [-0.2, 0) is 9.53 Å². The van der Waals surface area contributed by atoms with Crippen molar-refractivity contribution in [3.05, 3.63) is 29.6 Å². The number of hydrogen-bond acceptors (Lipinski definition) is 4. The Labute approximate surface area is 140 Å². The van der Waals surface area contributed by atoms with E-state index in [9.17, 15) is 14.0 Å². The number of nitrogens with one attached hydrogen (secondary N) is 2. The minimum Gasteiger partial charge on any atom is -0.442 e. The number of nitrogens with zero attached hydrogens (tertiary/aromatic N) is 1. The largest absolute Gasteiger partial charge is 0.442 e. The van der Waals surface area contributed by atoms with Gasteiger partial charge in [0.2, 0.25) is 5.91 Å². The van der Waals surface area contributed by atoms with Crippen LogP contribution >= 0.6 is 0 Å². The highest BCUT2D eigenvalue weighted by atomic mass is 19.1. The van der Waals surface area contributed by atoms with E-state index < -0.39 is 12.2 Å². The molecule has 0 spiro atoms. The molecule has 24 heavy (non-hydrogen) atoms. The Kier molecular flexibility index (Phi) is 4.99. The molecule has 2 heterocycles. The van der Waals surface area contributed by atoms with E-state index in [1.807, 2.05) is 0 Å². The maximum atomic E-state index is 14.5. The molecule has 2 N–H and O–H groups in total. The molecule has 0 aromatic heterocycles. The molecule has 1 aromatic carbocycles. The van der Waals surface area contributed by atoms with Crippen LogP contribution in [0.2, 0.25) is 0 Å². The van der Waals surface area contributed by atoms with E-state index in [4.69, 9.17) is 4.74 Å². The van der Waals surface area contributed by atoms with Gasteiger partial charge < -0.3 is 15.4 Å². The van der Waals surface area contributed by atoms with E-state index in [0.29, 0.717) is 17.8 Å². The molecule has 0 saturated carbocycles. The van der Waals surface area contributed by atoms with Crippen molar-refractivity contribution in [3.8, 4) is 0 Å². The first-order valence-electron chi connectivity index (χ1n) is 8.28. The Hall–Kier alpha value is -2.15. The third-order valence-corrected chi connectivity index (χ3v) is 4.52. The number of anilines is 1. The minimum atomic E-state index is -0.494. The van der Waals surface area contributed by atoms with Gasteiger partial charge in [-0.15, -0.1) is 0 Å². The fourth-order valence-corrected chi connectivity index (χ4v) is 3.36. The molecule has 0 bridgehead atoms.